The summed E-state index contributed by atoms with van der Waals surface area (Å²) < 4.78 is 11.0. The molecule has 3 rings (SSSR count). The van der Waals surface area contributed by atoms with E-state index in [1.165, 1.54) is 5.56 Å². The minimum absolute atomic E-state index is 0.188. The van der Waals surface area contributed by atoms with Crippen molar-refractivity contribution in [2.45, 2.75) is 51.4 Å². The third kappa shape index (κ3) is 5.44. The maximum Gasteiger partial charge on any atom is 0.410 e. The molecule has 2 aliphatic heterocycles. The Morgan fingerprint density at radius 3 is 2.48 bits per heavy atom. The van der Waals surface area contributed by atoms with Gasteiger partial charge in [-0.3, -0.25) is 0 Å². The van der Waals surface area contributed by atoms with Crippen LogP contribution in [0.15, 0.2) is 30.3 Å². The molecule has 5 heteroatoms. The number of carbonyl (C=O) groups is 1. The largest absolute Gasteiger partial charge is 0.444 e. The number of ether oxygens (including phenoxy) is 2. The number of hydrogen-bond donors (Lipinski definition) is 1. The Bertz CT molecular complexity index is 558. The number of likely N-dealkylation sites (tertiary alicyclic amines) is 1. The van der Waals surface area contributed by atoms with Crippen LogP contribution in [-0.2, 0) is 9.47 Å². The van der Waals surface area contributed by atoms with Crippen molar-refractivity contribution >= 4 is 6.09 Å². The van der Waals surface area contributed by atoms with Crippen molar-refractivity contribution in [1.29, 1.82) is 0 Å². The van der Waals surface area contributed by atoms with E-state index in [4.69, 9.17) is 9.47 Å². The van der Waals surface area contributed by atoms with Crippen molar-refractivity contribution in [1.82, 2.24) is 10.2 Å². The molecule has 1 amide bonds. The fourth-order valence-corrected chi connectivity index (χ4v) is 3.31. The zero-order chi connectivity index (χ0) is 17.9. The molecule has 138 valence electrons. The summed E-state index contributed by atoms with van der Waals surface area (Å²) in [5.41, 5.74) is 0.860. The third-order valence-corrected chi connectivity index (χ3v) is 4.78. The van der Waals surface area contributed by atoms with Crippen molar-refractivity contribution in [2.24, 2.45) is 5.92 Å². The molecular formula is C20H30N2O3. The highest BCUT2D eigenvalue weighted by Gasteiger charge is 2.34. The van der Waals surface area contributed by atoms with E-state index in [1.54, 1.807) is 0 Å². The molecule has 0 radical (unpaired) electrons. The fourth-order valence-electron chi connectivity index (χ4n) is 3.31. The van der Waals surface area contributed by atoms with E-state index in [9.17, 15) is 4.79 Å². The molecule has 5 nitrogen and oxygen atoms in total. The van der Waals surface area contributed by atoms with Crippen molar-refractivity contribution in [3.8, 4) is 0 Å². The van der Waals surface area contributed by atoms with E-state index in [1.807, 2.05) is 31.7 Å². The van der Waals surface area contributed by atoms with Crippen LogP contribution in [0.25, 0.3) is 0 Å². The number of amides is 1. The molecule has 25 heavy (non-hydrogen) atoms. The number of nitrogens with zero attached hydrogens (tertiary/aromatic N) is 1. The lowest BCUT2D eigenvalue weighted by molar-refractivity contribution is 0.0183. The molecule has 0 aliphatic carbocycles. The number of piperidine rings is 1. The number of nitrogens with one attached hydrogen (secondary N) is 1. The van der Waals surface area contributed by atoms with Crippen molar-refractivity contribution in [3.63, 3.8) is 0 Å². The van der Waals surface area contributed by atoms with E-state index >= 15 is 0 Å². The van der Waals surface area contributed by atoms with Crippen LogP contribution >= 0.6 is 0 Å². The second-order valence-electron chi connectivity index (χ2n) is 8.08. The van der Waals surface area contributed by atoms with Gasteiger partial charge in [0.2, 0.25) is 0 Å². The second-order valence-corrected chi connectivity index (χ2v) is 8.08. The first-order valence-electron chi connectivity index (χ1n) is 9.30. The van der Waals surface area contributed by atoms with Gasteiger partial charge in [0.25, 0.3) is 0 Å². The zero-order valence-corrected chi connectivity index (χ0v) is 15.5. The van der Waals surface area contributed by atoms with Crippen LogP contribution in [-0.4, -0.2) is 48.9 Å². The lowest BCUT2D eigenvalue weighted by Gasteiger charge is -2.34. The van der Waals surface area contributed by atoms with Gasteiger partial charge in [-0.2, -0.15) is 0 Å². The van der Waals surface area contributed by atoms with Gasteiger partial charge in [-0.1, -0.05) is 30.3 Å². The molecule has 2 atom stereocenters. The lowest BCUT2D eigenvalue weighted by atomic mass is 9.95. The van der Waals surface area contributed by atoms with Gasteiger partial charge >= 0.3 is 6.09 Å². The zero-order valence-electron chi connectivity index (χ0n) is 15.5. The standard InChI is InChI=1S/C20H30N2O3/c1-20(2,3)25-19(23)22-11-9-15(10-12-22)13-21-18(17-14-24-17)16-7-5-4-6-8-16/h4-8,15,17-18,21H,9-14H2,1-3H3. The van der Waals surface area contributed by atoms with Gasteiger partial charge in [-0.25, -0.2) is 4.79 Å². The molecule has 2 unspecified atom stereocenters. The number of carbonyl (C=O) groups excluding carboxylic acids is 1. The number of benzene rings is 1. The summed E-state index contributed by atoms with van der Waals surface area (Å²) in [7, 11) is 0. The van der Waals surface area contributed by atoms with Gasteiger partial charge in [0, 0.05) is 13.1 Å². The van der Waals surface area contributed by atoms with Crippen LogP contribution in [0.3, 0.4) is 0 Å². The highest BCUT2D eigenvalue weighted by molar-refractivity contribution is 5.68. The van der Waals surface area contributed by atoms with Gasteiger partial charge in [-0.15, -0.1) is 0 Å². The lowest BCUT2D eigenvalue weighted by Crippen LogP contribution is -2.43. The normalized spacial score (nSPS) is 22.5. The summed E-state index contributed by atoms with van der Waals surface area (Å²) in [6.07, 6.45) is 2.13. The van der Waals surface area contributed by atoms with Crippen LogP contribution in [0, 0.1) is 5.92 Å². The maximum atomic E-state index is 12.1. The summed E-state index contributed by atoms with van der Waals surface area (Å²) in [6.45, 7) is 9.07. The molecule has 2 heterocycles. The Labute approximate surface area is 150 Å². The van der Waals surface area contributed by atoms with Gasteiger partial charge in [-0.05, 0) is 51.6 Å². The van der Waals surface area contributed by atoms with Crippen LogP contribution < -0.4 is 5.32 Å². The van der Waals surface area contributed by atoms with E-state index in [0.717, 1.165) is 39.1 Å². The van der Waals surface area contributed by atoms with Gasteiger partial charge < -0.3 is 19.7 Å². The van der Waals surface area contributed by atoms with Crippen LogP contribution in [0.2, 0.25) is 0 Å². The minimum atomic E-state index is -0.428. The first-order valence-corrected chi connectivity index (χ1v) is 9.30. The van der Waals surface area contributed by atoms with Crippen LogP contribution in [0.4, 0.5) is 4.79 Å². The Hall–Kier alpha value is -1.59. The molecule has 0 bridgehead atoms. The van der Waals surface area contributed by atoms with Gasteiger partial charge in [0.05, 0.1) is 12.6 Å². The molecule has 1 aromatic carbocycles. The van der Waals surface area contributed by atoms with Crippen molar-refractivity contribution in [2.75, 3.05) is 26.2 Å². The quantitative estimate of drug-likeness (QED) is 0.831. The second kappa shape index (κ2) is 7.75. The van der Waals surface area contributed by atoms with E-state index in [0.29, 0.717) is 12.0 Å². The first kappa shape index (κ1) is 18.2. The van der Waals surface area contributed by atoms with Gasteiger partial charge in [0.1, 0.15) is 11.7 Å². The average Bonchev–Trinajstić information content (AvgIpc) is 3.40. The molecule has 1 aromatic rings. The summed E-state index contributed by atoms with van der Waals surface area (Å²) in [4.78, 5) is 14.0. The monoisotopic (exact) mass is 346 g/mol. The topological polar surface area (TPSA) is 54.1 Å². The fraction of sp³-hybridized carbons (Fsp3) is 0.650. The number of epoxide rings is 1. The van der Waals surface area contributed by atoms with E-state index < -0.39 is 5.60 Å². The van der Waals surface area contributed by atoms with E-state index in [2.05, 4.69) is 29.6 Å². The summed E-state index contributed by atoms with van der Waals surface area (Å²) in [5.74, 6) is 0.587. The summed E-state index contributed by atoms with van der Waals surface area (Å²) >= 11 is 0. The molecule has 2 fully saturated rings. The number of hydrogen-bond acceptors (Lipinski definition) is 4. The Balaban J connectivity index is 1.45. The predicted molar refractivity (Wildman–Crippen MR) is 97.5 cm³/mol. The summed E-state index contributed by atoms with van der Waals surface area (Å²) in [5, 5.41) is 3.69. The maximum absolute atomic E-state index is 12.1. The minimum Gasteiger partial charge on any atom is -0.444 e. The third-order valence-electron chi connectivity index (χ3n) is 4.78. The van der Waals surface area contributed by atoms with Crippen LogP contribution in [0.1, 0.15) is 45.2 Å². The molecule has 0 spiro atoms. The average molecular weight is 346 g/mol. The van der Waals surface area contributed by atoms with Crippen LogP contribution in [0.5, 0.6) is 0 Å². The van der Waals surface area contributed by atoms with Crippen molar-refractivity contribution < 1.29 is 14.3 Å². The van der Waals surface area contributed by atoms with Gasteiger partial charge in [0.15, 0.2) is 0 Å². The Kier molecular flexibility index (Phi) is 5.64. The van der Waals surface area contributed by atoms with E-state index in [-0.39, 0.29) is 12.1 Å². The predicted octanol–water partition coefficient (Wildman–Crippen LogP) is 3.36. The first-order chi connectivity index (χ1) is 11.9. The molecule has 0 saturated carbocycles. The molecule has 2 saturated heterocycles. The molecule has 1 N–H and O–H groups in total. The highest BCUT2D eigenvalue weighted by Crippen LogP contribution is 2.28. The smallest absolute Gasteiger partial charge is 0.410 e. The highest BCUT2D eigenvalue weighted by atomic mass is 16.6. The molecule has 2 aliphatic rings. The number of rotatable bonds is 5. The Morgan fingerprint density at radius 2 is 1.92 bits per heavy atom. The molecular weight excluding hydrogens is 316 g/mol. The summed E-state index contributed by atoms with van der Waals surface area (Å²) in [6, 6.07) is 10.8. The SMILES string of the molecule is CC(C)(C)OC(=O)N1CCC(CNC(c2ccccc2)C2CO2)CC1. The van der Waals surface area contributed by atoms with Crippen molar-refractivity contribution in [3.05, 3.63) is 35.9 Å². The Morgan fingerprint density at radius 1 is 1.28 bits per heavy atom. The molecule has 0 aromatic heterocycles.